The summed E-state index contributed by atoms with van der Waals surface area (Å²) in [6.07, 6.45) is -9.95. The number of benzene rings is 2. The number of alkyl halides is 6. The number of aromatic nitrogens is 4. The average molecular weight is 374 g/mol. The first-order chi connectivity index (χ1) is 12.1. The molecule has 1 aromatic heterocycles. The molecular formula is C15H8F6N4O. The average Bonchev–Trinajstić information content (AvgIpc) is 2.99. The van der Waals surface area contributed by atoms with Crippen molar-refractivity contribution in [1.82, 2.24) is 20.2 Å². The van der Waals surface area contributed by atoms with Crippen LogP contribution in [0, 0.1) is 0 Å². The number of aromatic amines is 1. The minimum absolute atomic E-state index is 0.0151. The molecule has 0 fully saturated rings. The van der Waals surface area contributed by atoms with E-state index < -0.39 is 29.2 Å². The van der Waals surface area contributed by atoms with E-state index in [1.807, 2.05) is 5.10 Å². The number of halogens is 6. The molecule has 1 N–H and O–H groups in total. The van der Waals surface area contributed by atoms with Crippen molar-refractivity contribution in [3.8, 4) is 16.8 Å². The van der Waals surface area contributed by atoms with E-state index >= 15 is 0 Å². The third kappa shape index (κ3) is 3.32. The van der Waals surface area contributed by atoms with Crippen LogP contribution in [-0.2, 0) is 12.4 Å². The Morgan fingerprint density at radius 3 is 1.96 bits per heavy atom. The number of H-pyrrole nitrogens is 1. The van der Waals surface area contributed by atoms with Gasteiger partial charge in [0.2, 0.25) is 0 Å². The molecule has 1 heterocycles. The van der Waals surface area contributed by atoms with Gasteiger partial charge < -0.3 is 0 Å². The van der Waals surface area contributed by atoms with Crippen LogP contribution in [-0.4, -0.2) is 20.2 Å². The molecule has 26 heavy (non-hydrogen) atoms. The molecule has 0 unspecified atom stereocenters. The molecule has 0 radical (unpaired) electrons. The van der Waals surface area contributed by atoms with Gasteiger partial charge >= 0.3 is 18.0 Å². The first-order valence-electron chi connectivity index (χ1n) is 6.97. The minimum Gasteiger partial charge on any atom is -0.244 e. The van der Waals surface area contributed by atoms with Gasteiger partial charge in [0.15, 0.2) is 0 Å². The third-order valence-electron chi connectivity index (χ3n) is 3.50. The maximum Gasteiger partial charge on any atom is 0.416 e. The highest BCUT2D eigenvalue weighted by molar-refractivity contribution is 5.74. The number of hydrogen-bond donors (Lipinski definition) is 1. The zero-order valence-corrected chi connectivity index (χ0v) is 12.6. The predicted molar refractivity (Wildman–Crippen MR) is 77.4 cm³/mol. The van der Waals surface area contributed by atoms with Crippen LogP contribution in [0.15, 0.2) is 47.3 Å². The zero-order valence-electron chi connectivity index (χ0n) is 12.6. The van der Waals surface area contributed by atoms with Gasteiger partial charge in [-0.05, 0) is 40.3 Å². The molecule has 136 valence electrons. The van der Waals surface area contributed by atoms with Gasteiger partial charge in [-0.15, -0.1) is 0 Å². The van der Waals surface area contributed by atoms with Crippen molar-refractivity contribution < 1.29 is 26.3 Å². The quantitative estimate of drug-likeness (QED) is 0.697. The lowest BCUT2D eigenvalue weighted by Crippen LogP contribution is -2.17. The lowest BCUT2D eigenvalue weighted by molar-refractivity contribution is -0.143. The third-order valence-corrected chi connectivity index (χ3v) is 3.50. The van der Waals surface area contributed by atoms with Gasteiger partial charge in [0.05, 0.1) is 16.8 Å². The Kier molecular flexibility index (Phi) is 4.09. The summed E-state index contributed by atoms with van der Waals surface area (Å²) in [4.78, 5) is 11.7. The van der Waals surface area contributed by atoms with Crippen molar-refractivity contribution >= 4 is 0 Å². The van der Waals surface area contributed by atoms with Crippen LogP contribution in [0.3, 0.4) is 0 Å². The first kappa shape index (κ1) is 17.7. The molecule has 11 heteroatoms. The Bertz CT molecular complexity index is 970. The van der Waals surface area contributed by atoms with Gasteiger partial charge in [0.25, 0.3) is 0 Å². The summed E-state index contributed by atoms with van der Waals surface area (Å²) in [6.45, 7) is 0. The molecule has 0 spiro atoms. The van der Waals surface area contributed by atoms with E-state index in [-0.39, 0.29) is 22.9 Å². The molecular weight excluding hydrogens is 366 g/mol. The molecule has 3 rings (SSSR count). The second-order valence-corrected chi connectivity index (χ2v) is 5.23. The zero-order chi connectivity index (χ0) is 19.1. The fourth-order valence-electron chi connectivity index (χ4n) is 2.37. The second kappa shape index (κ2) is 6.00. The highest BCUT2D eigenvalue weighted by Gasteiger charge is 2.37. The van der Waals surface area contributed by atoms with E-state index in [1.54, 1.807) is 0 Å². The Balaban J connectivity index is 2.29. The number of rotatable bonds is 2. The lowest BCUT2D eigenvalue weighted by atomic mass is 9.98. The van der Waals surface area contributed by atoms with E-state index in [0.29, 0.717) is 12.1 Å². The van der Waals surface area contributed by atoms with Crippen molar-refractivity contribution in [2.45, 2.75) is 12.4 Å². The number of hydrogen-bond acceptors (Lipinski definition) is 3. The number of nitrogens with one attached hydrogen (secondary N) is 1. The molecule has 3 aromatic rings. The smallest absolute Gasteiger partial charge is 0.244 e. The summed E-state index contributed by atoms with van der Waals surface area (Å²) in [5.41, 5.74) is -4.12. The Hall–Kier alpha value is -3.11. The number of tetrazole rings is 1. The Labute approximate surface area is 140 Å². The number of nitrogens with zero attached hydrogens (tertiary/aromatic N) is 3. The first-order valence-corrected chi connectivity index (χ1v) is 6.97. The second-order valence-electron chi connectivity index (χ2n) is 5.23. The fraction of sp³-hybridized carbons (Fsp3) is 0.133. The fourth-order valence-corrected chi connectivity index (χ4v) is 2.37. The van der Waals surface area contributed by atoms with Crippen molar-refractivity contribution in [3.05, 3.63) is 64.1 Å². The maximum absolute atomic E-state index is 13.0. The summed E-state index contributed by atoms with van der Waals surface area (Å²) in [5, 5.41) is 8.73. The molecule has 0 saturated carbocycles. The van der Waals surface area contributed by atoms with Gasteiger partial charge in [0.1, 0.15) is 0 Å². The highest BCUT2D eigenvalue weighted by atomic mass is 19.4. The van der Waals surface area contributed by atoms with Crippen molar-refractivity contribution in [3.63, 3.8) is 0 Å². The molecule has 0 aliphatic carbocycles. The molecule has 0 atom stereocenters. The Morgan fingerprint density at radius 1 is 0.885 bits per heavy atom. The monoisotopic (exact) mass is 374 g/mol. The molecule has 5 nitrogen and oxygen atoms in total. The van der Waals surface area contributed by atoms with Crippen LogP contribution < -0.4 is 5.69 Å². The molecule has 0 saturated heterocycles. The van der Waals surface area contributed by atoms with E-state index in [4.69, 9.17) is 0 Å². The van der Waals surface area contributed by atoms with Crippen molar-refractivity contribution in [2.75, 3.05) is 0 Å². The standard InChI is InChI=1S/C15H8F6N4O/c16-14(17,18)9-5-8(6-10(7-9)15(19,20)21)11-3-1-2-4-12(11)25-13(26)22-23-24-25/h1-7H,(H,22,24,26). The predicted octanol–water partition coefficient (Wildman–Crippen LogP) is 3.66. The van der Waals surface area contributed by atoms with Gasteiger partial charge in [-0.3, -0.25) is 0 Å². The minimum atomic E-state index is -4.98. The maximum atomic E-state index is 13.0. The normalized spacial score (nSPS) is 12.4. The summed E-state index contributed by atoms with van der Waals surface area (Å²) < 4.78 is 79.0. The van der Waals surface area contributed by atoms with Crippen LogP contribution >= 0.6 is 0 Å². The summed E-state index contributed by atoms with van der Waals surface area (Å²) >= 11 is 0. The van der Waals surface area contributed by atoms with E-state index in [9.17, 15) is 31.1 Å². The van der Waals surface area contributed by atoms with E-state index in [0.717, 1.165) is 4.68 Å². The summed E-state index contributed by atoms with van der Waals surface area (Å²) in [6, 6.07) is 6.68. The van der Waals surface area contributed by atoms with Crippen LogP contribution in [0.5, 0.6) is 0 Å². The van der Waals surface area contributed by atoms with Gasteiger partial charge in [-0.25, -0.2) is 9.89 Å². The van der Waals surface area contributed by atoms with Crippen LogP contribution in [0.1, 0.15) is 11.1 Å². The van der Waals surface area contributed by atoms with Crippen molar-refractivity contribution in [2.24, 2.45) is 0 Å². The van der Waals surface area contributed by atoms with Crippen LogP contribution in [0.25, 0.3) is 16.8 Å². The topological polar surface area (TPSA) is 63.6 Å². The SMILES string of the molecule is O=c1[nH]nnn1-c1ccccc1-c1cc(C(F)(F)F)cc(C(F)(F)F)c1. The van der Waals surface area contributed by atoms with Crippen LogP contribution in [0.4, 0.5) is 26.3 Å². The highest BCUT2D eigenvalue weighted by Crippen LogP contribution is 2.39. The summed E-state index contributed by atoms with van der Waals surface area (Å²) in [7, 11) is 0. The van der Waals surface area contributed by atoms with Gasteiger partial charge in [-0.2, -0.15) is 31.0 Å². The number of para-hydroxylation sites is 1. The van der Waals surface area contributed by atoms with Crippen LogP contribution in [0.2, 0.25) is 0 Å². The largest absolute Gasteiger partial charge is 0.416 e. The molecule has 2 aromatic carbocycles. The molecule has 0 bridgehead atoms. The van der Waals surface area contributed by atoms with Gasteiger partial charge in [-0.1, -0.05) is 18.2 Å². The van der Waals surface area contributed by atoms with E-state index in [1.165, 1.54) is 24.3 Å². The van der Waals surface area contributed by atoms with Crippen molar-refractivity contribution in [1.29, 1.82) is 0 Å². The molecule has 0 aliphatic heterocycles. The summed E-state index contributed by atoms with van der Waals surface area (Å²) in [5.74, 6) is 0. The van der Waals surface area contributed by atoms with E-state index in [2.05, 4.69) is 10.4 Å². The molecule has 0 aliphatic rings. The van der Waals surface area contributed by atoms with Gasteiger partial charge in [0, 0.05) is 5.56 Å². The lowest BCUT2D eigenvalue weighted by Gasteiger charge is -2.15. The molecule has 0 amide bonds. The Morgan fingerprint density at radius 2 is 1.46 bits per heavy atom.